The van der Waals surface area contributed by atoms with Crippen molar-refractivity contribution < 1.29 is 47.6 Å². The van der Waals surface area contributed by atoms with Gasteiger partial charge in [0.15, 0.2) is 0 Å². The summed E-state index contributed by atoms with van der Waals surface area (Å²) in [4.78, 5) is -0.0142. The Morgan fingerprint density at radius 2 is 1.73 bits per heavy atom. The second kappa shape index (κ2) is 8.82. The van der Waals surface area contributed by atoms with Crippen LogP contribution >= 0.6 is 0 Å². The van der Waals surface area contributed by atoms with Gasteiger partial charge in [-0.25, -0.2) is 0 Å². The maximum Gasteiger partial charge on any atom is 1.00 e. The molecule has 2 aromatic carbocycles. The molecule has 0 amide bonds. The van der Waals surface area contributed by atoms with Gasteiger partial charge in [-0.05, 0) is 24.0 Å². The van der Waals surface area contributed by atoms with Gasteiger partial charge in [0.2, 0.25) is 0 Å². The van der Waals surface area contributed by atoms with Crippen molar-refractivity contribution in [3.05, 3.63) is 54.1 Å². The molecule has 0 aliphatic rings. The van der Waals surface area contributed by atoms with Crippen LogP contribution in [0.4, 0.5) is 0 Å². The summed E-state index contributed by atoms with van der Waals surface area (Å²) in [5.74, 6) is 0. The second-order valence-corrected chi connectivity index (χ2v) is 6.24. The third kappa shape index (κ3) is 4.41. The first kappa shape index (κ1) is 19.4. The molecule has 0 atom stereocenters. The maximum absolute atomic E-state index is 12.0. The van der Waals surface area contributed by atoms with Gasteiger partial charge in [-0.15, -0.1) is 0 Å². The van der Waals surface area contributed by atoms with Crippen molar-refractivity contribution in [3.63, 3.8) is 0 Å². The van der Waals surface area contributed by atoms with E-state index in [1.807, 2.05) is 37.3 Å². The normalized spacial score (nSPS) is 11.0. The molecule has 0 saturated heterocycles. The Kier molecular flexibility index (Phi) is 7.76. The molecule has 6 heteroatoms. The summed E-state index contributed by atoms with van der Waals surface area (Å²) in [5.41, 5.74) is 1.86. The number of benzene rings is 2. The van der Waals surface area contributed by atoms with E-state index in [2.05, 4.69) is 4.33 Å². The minimum absolute atomic E-state index is 0. The van der Waals surface area contributed by atoms with Crippen molar-refractivity contribution in [1.82, 2.24) is 0 Å². The predicted molar refractivity (Wildman–Crippen MR) is 78.8 cm³/mol. The van der Waals surface area contributed by atoms with Gasteiger partial charge in [-0.3, -0.25) is 0 Å². The molecular weight excluding hydrogens is 311 g/mol. The fraction of sp³-hybridized carbons (Fsp3) is 0.250. The van der Waals surface area contributed by atoms with E-state index in [4.69, 9.17) is 0 Å². The summed E-state index contributed by atoms with van der Waals surface area (Å²) in [5, 5.41) is 10.7. The Labute approximate surface area is 153 Å². The number of unbranched alkanes of at least 4 members (excludes halogenated alkanes) is 1. The molecule has 0 heterocycles. The van der Waals surface area contributed by atoms with E-state index in [0.717, 1.165) is 18.4 Å². The fourth-order valence-corrected chi connectivity index (χ4v) is 3.34. The van der Waals surface area contributed by atoms with Crippen LogP contribution in [0.1, 0.15) is 25.3 Å². The zero-order chi connectivity index (χ0) is 15.3. The minimum Gasteiger partial charge on any atom is -0.707 e. The molecule has 0 spiro atoms. The molecule has 4 nitrogen and oxygen atoms in total. The SMILES string of the molecule is CCCCc1cccc(-c2ccccc2)c1S(=O)(=O)O[O-].[Na+]. The van der Waals surface area contributed by atoms with Crippen molar-refractivity contribution in [1.29, 1.82) is 0 Å². The van der Waals surface area contributed by atoms with Gasteiger partial charge in [-0.1, -0.05) is 61.9 Å². The van der Waals surface area contributed by atoms with Gasteiger partial charge in [-0.2, -0.15) is 8.42 Å². The molecule has 2 rings (SSSR count). The Morgan fingerprint density at radius 1 is 1.05 bits per heavy atom. The van der Waals surface area contributed by atoms with E-state index in [9.17, 15) is 13.7 Å². The van der Waals surface area contributed by atoms with E-state index in [0.29, 0.717) is 17.5 Å². The Hall–Kier alpha value is -0.690. The quantitative estimate of drug-likeness (QED) is 0.414. The van der Waals surface area contributed by atoms with E-state index < -0.39 is 10.1 Å². The summed E-state index contributed by atoms with van der Waals surface area (Å²) in [6.45, 7) is 2.03. The maximum atomic E-state index is 12.0. The van der Waals surface area contributed by atoms with Crippen LogP contribution in [0.3, 0.4) is 0 Å². The van der Waals surface area contributed by atoms with Gasteiger partial charge < -0.3 is 9.59 Å². The van der Waals surface area contributed by atoms with Crippen molar-refractivity contribution in [2.75, 3.05) is 0 Å². The van der Waals surface area contributed by atoms with Crippen molar-refractivity contribution >= 4 is 10.1 Å². The standard InChI is InChI=1S/C16H18O4S.Na/c1-2-3-8-14-11-7-12-15(13-9-5-4-6-10-13)16(14)21(18,19)20-17;/h4-7,9-12,17H,2-3,8H2,1H3;/q;+1/p-1. The topological polar surface area (TPSA) is 66.4 Å². The van der Waals surface area contributed by atoms with E-state index >= 15 is 0 Å². The molecular formula is C16H17NaO4S. The largest absolute Gasteiger partial charge is 1.00 e. The zero-order valence-corrected chi connectivity index (χ0v) is 15.6. The van der Waals surface area contributed by atoms with Crippen molar-refractivity contribution in [3.8, 4) is 11.1 Å². The van der Waals surface area contributed by atoms with E-state index in [1.165, 1.54) is 0 Å². The first-order valence-corrected chi connectivity index (χ1v) is 8.24. The first-order valence-electron chi connectivity index (χ1n) is 6.84. The molecule has 0 bridgehead atoms. The van der Waals surface area contributed by atoms with Crippen LogP contribution < -0.4 is 34.8 Å². The van der Waals surface area contributed by atoms with E-state index in [1.54, 1.807) is 18.2 Å². The number of hydrogen-bond acceptors (Lipinski definition) is 4. The third-order valence-electron chi connectivity index (χ3n) is 3.32. The molecule has 0 fully saturated rings. The molecule has 0 N–H and O–H groups in total. The van der Waals surface area contributed by atoms with Gasteiger partial charge in [0, 0.05) is 5.56 Å². The first-order chi connectivity index (χ1) is 10.1. The van der Waals surface area contributed by atoms with Crippen LogP contribution in [0.15, 0.2) is 53.4 Å². The molecule has 112 valence electrons. The fourth-order valence-electron chi connectivity index (χ4n) is 2.32. The smallest absolute Gasteiger partial charge is 0.707 e. The van der Waals surface area contributed by atoms with Gasteiger partial charge in [0.05, 0.1) is 0 Å². The van der Waals surface area contributed by atoms with Gasteiger partial charge >= 0.3 is 29.6 Å². The Bertz CT molecular complexity index is 699. The molecule has 0 aromatic heterocycles. The average molecular weight is 328 g/mol. The molecule has 22 heavy (non-hydrogen) atoms. The van der Waals surface area contributed by atoms with Gasteiger partial charge in [0.25, 0.3) is 10.1 Å². The molecule has 0 saturated carbocycles. The minimum atomic E-state index is -4.29. The summed E-state index contributed by atoms with van der Waals surface area (Å²) >= 11 is 0. The zero-order valence-electron chi connectivity index (χ0n) is 12.8. The summed E-state index contributed by atoms with van der Waals surface area (Å²) in [7, 11) is -4.29. The number of rotatable bonds is 6. The third-order valence-corrected chi connectivity index (χ3v) is 4.48. The van der Waals surface area contributed by atoms with Gasteiger partial charge in [0.1, 0.15) is 4.90 Å². The number of aryl methyl sites for hydroxylation is 1. The predicted octanol–water partition coefficient (Wildman–Crippen LogP) is -0.319. The summed E-state index contributed by atoms with van der Waals surface area (Å²) in [6, 6.07) is 14.3. The monoisotopic (exact) mass is 328 g/mol. The molecule has 0 aliphatic carbocycles. The molecule has 0 unspecified atom stereocenters. The van der Waals surface area contributed by atoms with Crippen molar-refractivity contribution in [2.24, 2.45) is 0 Å². The van der Waals surface area contributed by atoms with Crippen LogP contribution in [0.25, 0.3) is 11.1 Å². The van der Waals surface area contributed by atoms with E-state index in [-0.39, 0.29) is 34.5 Å². The molecule has 2 aromatic rings. The van der Waals surface area contributed by atoms with Crippen LogP contribution in [-0.4, -0.2) is 8.42 Å². The summed E-state index contributed by atoms with van der Waals surface area (Å²) < 4.78 is 27.6. The van der Waals surface area contributed by atoms with Crippen LogP contribution in [0, 0.1) is 0 Å². The van der Waals surface area contributed by atoms with Crippen molar-refractivity contribution in [2.45, 2.75) is 31.1 Å². The number of hydrogen-bond donors (Lipinski definition) is 0. The van der Waals surface area contributed by atoms with Crippen LogP contribution in [-0.2, 0) is 20.9 Å². The average Bonchev–Trinajstić information content (AvgIpc) is 2.53. The Balaban J connectivity index is 0.00000242. The summed E-state index contributed by atoms with van der Waals surface area (Å²) in [6.07, 6.45) is 2.38. The second-order valence-electron chi connectivity index (χ2n) is 4.79. The van der Waals surface area contributed by atoms with Crippen LogP contribution in [0.5, 0.6) is 0 Å². The molecule has 0 aliphatic heterocycles. The van der Waals surface area contributed by atoms with Crippen LogP contribution in [0.2, 0.25) is 0 Å². The Morgan fingerprint density at radius 3 is 2.32 bits per heavy atom. The molecule has 0 radical (unpaired) electrons.